The highest BCUT2D eigenvalue weighted by molar-refractivity contribution is 8.15. The first-order chi connectivity index (χ1) is 12.8. The number of benzene rings is 4. The molecule has 0 nitrogen and oxygen atoms in total. The van der Waals surface area contributed by atoms with Gasteiger partial charge in [0.05, 0.1) is 0 Å². The van der Waals surface area contributed by atoms with Gasteiger partial charge in [0.2, 0.25) is 6.62 Å². The van der Waals surface area contributed by atoms with Gasteiger partial charge in [-0.1, -0.05) is 84.9 Å². The molecule has 26 heavy (non-hydrogen) atoms. The monoisotopic (exact) mass is 373 g/mol. The highest BCUT2D eigenvalue weighted by Gasteiger charge is 2.46. The van der Waals surface area contributed by atoms with Crippen LogP contribution in [0.4, 0.5) is 0 Å². The first-order valence-corrected chi connectivity index (χ1v) is 11.3. The molecule has 0 bridgehead atoms. The van der Waals surface area contributed by atoms with Crippen LogP contribution >= 0.6 is 17.9 Å². The van der Waals surface area contributed by atoms with Crippen molar-refractivity contribution in [3.8, 4) is 11.1 Å². The third-order valence-corrected chi connectivity index (χ3v) is 9.34. The first kappa shape index (κ1) is 17.0. The van der Waals surface area contributed by atoms with Gasteiger partial charge >= 0.3 is 0 Å². The van der Waals surface area contributed by atoms with E-state index in [9.17, 15) is 0 Å². The number of halogens is 1. The summed E-state index contributed by atoms with van der Waals surface area (Å²) in [7, 11) is 0. The zero-order chi connectivity index (χ0) is 17.8. The van der Waals surface area contributed by atoms with E-state index in [4.69, 9.17) is 11.2 Å². The van der Waals surface area contributed by atoms with E-state index in [1.165, 1.54) is 27.0 Å². The van der Waals surface area contributed by atoms with Gasteiger partial charge < -0.3 is 0 Å². The van der Waals surface area contributed by atoms with Gasteiger partial charge in [0.15, 0.2) is 0 Å². The summed E-state index contributed by atoms with van der Waals surface area (Å²) in [5, 5.41) is 3.55. The maximum absolute atomic E-state index is 7.58. The normalized spacial score (nSPS) is 11.3. The van der Waals surface area contributed by atoms with Crippen LogP contribution in [0.15, 0.2) is 115 Å². The average molecular weight is 374 g/mol. The highest BCUT2D eigenvalue weighted by atomic mass is 35.7. The minimum atomic E-state index is -2.26. The van der Waals surface area contributed by atoms with Crippen molar-refractivity contribution in [2.45, 2.75) is 0 Å². The highest BCUT2D eigenvalue weighted by Crippen LogP contribution is 2.61. The molecular formula is C24H19ClP+. The number of hydrogen-bond donors (Lipinski definition) is 0. The van der Waals surface area contributed by atoms with Crippen molar-refractivity contribution < 1.29 is 0 Å². The van der Waals surface area contributed by atoms with E-state index >= 15 is 0 Å². The standard InChI is InChI=1S/C24H19ClP/c25-26(21-14-6-2-7-15-21,22-16-8-3-9-17-22)24-19-11-10-18-23(24)20-12-4-1-5-13-20/h1-19H/q+1. The van der Waals surface area contributed by atoms with Crippen LogP contribution in [-0.2, 0) is 0 Å². The molecule has 0 aromatic heterocycles. The van der Waals surface area contributed by atoms with Gasteiger partial charge in [0.1, 0.15) is 27.2 Å². The third kappa shape index (κ3) is 3.07. The van der Waals surface area contributed by atoms with Gasteiger partial charge in [0, 0.05) is 5.56 Å². The molecule has 0 atom stereocenters. The molecule has 0 saturated carbocycles. The van der Waals surface area contributed by atoms with Crippen LogP contribution in [0.2, 0.25) is 0 Å². The van der Waals surface area contributed by atoms with Gasteiger partial charge in [-0.25, -0.2) is 0 Å². The second-order valence-electron chi connectivity index (χ2n) is 6.14. The Kier molecular flexibility index (Phi) is 4.89. The summed E-state index contributed by atoms with van der Waals surface area (Å²) < 4.78 is 0. The lowest BCUT2D eigenvalue weighted by molar-refractivity contribution is 1.64. The van der Waals surface area contributed by atoms with Crippen molar-refractivity contribution in [3.63, 3.8) is 0 Å². The molecule has 0 spiro atoms. The van der Waals surface area contributed by atoms with E-state index in [2.05, 4.69) is 97.1 Å². The van der Waals surface area contributed by atoms with Crippen molar-refractivity contribution in [3.05, 3.63) is 115 Å². The Hall–Kier alpha value is -2.40. The average Bonchev–Trinajstić information content (AvgIpc) is 2.75. The Morgan fingerprint density at radius 1 is 0.462 bits per heavy atom. The Labute approximate surface area is 160 Å². The summed E-state index contributed by atoms with van der Waals surface area (Å²) in [4.78, 5) is 0. The molecule has 0 heterocycles. The maximum Gasteiger partial charge on any atom is 0.211 e. The topological polar surface area (TPSA) is 0 Å². The predicted octanol–water partition coefficient (Wildman–Crippen LogP) is 5.80. The van der Waals surface area contributed by atoms with E-state index in [0.717, 1.165) is 0 Å². The largest absolute Gasteiger partial charge is 0.211 e. The summed E-state index contributed by atoms with van der Waals surface area (Å²) in [6.45, 7) is -2.26. The van der Waals surface area contributed by atoms with Gasteiger partial charge in [-0.05, 0) is 35.9 Å². The van der Waals surface area contributed by atoms with Crippen LogP contribution in [0, 0.1) is 0 Å². The summed E-state index contributed by atoms with van der Waals surface area (Å²) in [5.41, 5.74) is 2.39. The molecular weight excluding hydrogens is 355 g/mol. The molecule has 0 aliphatic rings. The summed E-state index contributed by atoms with van der Waals surface area (Å²) in [6.07, 6.45) is 0. The molecule has 0 aliphatic carbocycles. The van der Waals surface area contributed by atoms with Crippen molar-refractivity contribution in [1.29, 1.82) is 0 Å². The van der Waals surface area contributed by atoms with Crippen molar-refractivity contribution >= 4 is 33.8 Å². The van der Waals surface area contributed by atoms with E-state index < -0.39 is 6.62 Å². The molecule has 2 heteroatoms. The lowest BCUT2D eigenvalue weighted by Gasteiger charge is -2.21. The van der Waals surface area contributed by atoms with Gasteiger partial charge in [-0.15, -0.1) is 0 Å². The van der Waals surface area contributed by atoms with Crippen LogP contribution in [0.5, 0.6) is 0 Å². The minimum Gasteiger partial charge on any atom is -0.0622 e. The molecule has 0 unspecified atom stereocenters. The SMILES string of the molecule is Cl[P+](c1ccccc1)(c1ccccc1)c1ccccc1-c1ccccc1. The minimum absolute atomic E-state index is 1.18. The molecule has 0 amide bonds. The molecule has 4 aromatic carbocycles. The predicted molar refractivity (Wildman–Crippen MR) is 116 cm³/mol. The van der Waals surface area contributed by atoms with Gasteiger partial charge in [-0.2, -0.15) is 0 Å². The van der Waals surface area contributed by atoms with Crippen LogP contribution in [0.25, 0.3) is 11.1 Å². The maximum atomic E-state index is 7.58. The zero-order valence-electron chi connectivity index (χ0n) is 14.3. The van der Waals surface area contributed by atoms with E-state index in [1.54, 1.807) is 0 Å². The van der Waals surface area contributed by atoms with Gasteiger partial charge in [-0.3, -0.25) is 0 Å². The molecule has 4 aromatic rings. The van der Waals surface area contributed by atoms with Crippen LogP contribution in [-0.4, -0.2) is 0 Å². The Bertz CT molecular complexity index is 943. The van der Waals surface area contributed by atoms with Crippen LogP contribution in [0.3, 0.4) is 0 Å². The fourth-order valence-corrected chi connectivity index (χ4v) is 7.26. The van der Waals surface area contributed by atoms with E-state index in [0.29, 0.717) is 0 Å². The molecule has 0 N–H and O–H groups in total. The second-order valence-corrected chi connectivity index (χ2v) is 10.4. The van der Waals surface area contributed by atoms with Crippen LogP contribution < -0.4 is 15.9 Å². The Morgan fingerprint density at radius 2 is 0.885 bits per heavy atom. The summed E-state index contributed by atoms with van der Waals surface area (Å²) in [5.74, 6) is 0. The third-order valence-electron chi connectivity index (χ3n) is 4.54. The molecule has 126 valence electrons. The van der Waals surface area contributed by atoms with Crippen LogP contribution in [0.1, 0.15) is 0 Å². The Morgan fingerprint density at radius 3 is 1.42 bits per heavy atom. The fourth-order valence-electron chi connectivity index (χ4n) is 3.30. The first-order valence-electron chi connectivity index (χ1n) is 8.65. The summed E-state index contributed by atoms with van der Waals surface area (Å²) in [6, 6.07) is 40.0. The van der Waals surface area contributed by atoms with Crippen molar-refractivity contribution in [2.75, 3.05) is 0 Å². The second kappa shape index (κ2) is 7.46. The van der Waals surface area contributed by atoms with Crippen molar-refractivity contribution in [1.82, 2.24) is 0 Å². The molecule has 0 saturated heterocycles. The van der Waals surface area contributed by atoms with Crippen molar-refractivity contribution in [2.24, 2.45) is 0 Å². The Balaban J connectivity index is 2.01. The summed E-state index contributed by atoms with van der Waals surface area (Å²) >= 11 is 7.58. The molecule has 4 rings (SSSR count). The molecule has 0 fully saturated rings. The smallest absolute Gasteiger partial charge is 0.0622 e. The fraction of sp³-hybridized carbons (Fsp3) is 0. The van der Waals surface area contributed by atoms with E-state index in [-0.39, 0.29) is 0 Å². The lowest BCUT2D eigenvalue weighted by Crippen LogP contribution is -2.28. The van der Waals surface area contributed by atoms with E-state index in [1.807, 2.05) is 18.2 Å². The zero-order valence-corrected chi connectivity index (χ0v) is 15.9. The molecule has 0 aliphatic heterocycles. The van der Waals surface area contributed by atoms with Gasteiger partial charge in [0.25, 0.3) is 0 Å². The molecule has 0 radical (unpaired) electrons. The quantitative estimate of drug-likeness (QED) is 0.396. The number of rotatable bonds is 4. The lowest BCUT2D eigenvalue weighted by atomic mass is 10.1. The number of hydrogen-bond acceptors (Lipinski definition) is 0.